The zero-order valence-corrected chi connectivity index (χ0v) is 16.0. The lowest BCUT2D eigenvalue weighted by atomic mass is 10.1. The van der Waals surface area contributed by atoms with Crippen molar-refractivity contribution in [3.8, 4) is 11.4 Å². The van der Waals surface area contributed by atoms with E-state index in [1.165, 1.54) is 30.3 Å². The van der Waals surface area contributed by atoms with Gasteiger partial charge in [0.15, 0.2) is 11.4 Å². The summed E-state index contributed by atoms with van der Waals surface area (Å²) in [6.45, 7) is -0.396. The molecule has 0 aliphatic carbocycles. The van der Waals surface area contributed by atoms with E-state index in [0.29, 0.717) is 10.9 Å². The van der Waals surface area contributed by atoms with E-state index in [0.717, 1.165) is 18.2 Å². The molecule has 0 atom stereocenters. The van der Waals surface area contributed by atoms with Crippen molar-refractivity contribution in [2.75, 3.05) is 0 Å². The van der Waals surface area contributed by atoms with Crippen LogP contribution >= 0.6 is 11.6 Å². The second kappa shape index (κ2) is 8.50. The molecule has 0 saturated carbocycles. The first kappa shape index (κ1) is 22.5. The number of aromatic nitrogens is 2. The van der Waals surface area contributed by atoms with E-state index < -0.39 is 42.0 Å². The van der Waals surface area contributed by atoms with Crippen molar-refractivity contribution in [2.45, 2.75) is 18.9 Å². The topological polar surface area (TPSA) is 56.1 Å². The molecule has 1 aromatic heterocycles. The van der Waals surface area contributed by atoms with E-state index in [9.17, 15) is 31.1 Å². The van der Waals surface area contributed by atoms with Gasteiger partial charge in [-0.15, -0.1) is 0 Å². The first-order chi connectivity index (χ1) is 14.4. The highest BCUT2D eigenvalue weighted by Gasteiger charge is 2.40. The Kier molecular flexibility index (Phi) is 6.16. The van der Waals surface area contributed by atoms with Crippen LogP contribution in [0.25, 0.3) is 5.69 Å². The van der Waals surface area contributed by atoms with E-state index in [-0.39, 0.29) is 16.3 Å². The monoisotopic (exact) mass is 463 g/mol. The highest BCUT2D eigenvalue weighted by molar-refractivity contribution is 6.30. The van der Waals surface area contributed by atoms with Gasteiger partial charge in [0.05, 0.1) is 17.4 Å². The number of carbonyl (C=O) groups excluding carboxylic acids is 1. The molecular formula is C19H12ClF6N3O2. The summed E-state index contributed by atoms with van der Waals surface area (Å²) < 4.78 is 84.2. The molecule has 31 heavy (non-hydrogen) atoms. The number of benzene rings is 2. The molecule has 1 N–H and O–H groups in total. The van der Waals surface area contributed by atoms with Gasteiger partial charge in [0.1, 0.15) is 0 Å². The standard InChI is InChI=1S/C19H12ClF6N3O2/c20-13-5-2-6-14(8-13)29-16(19(24,25)26)15(10-28-29)31-17(30)27-9-11-3-1-4-12(7-11)18(21,22)23/h1-8,10H,9H2,(H,27,30). The second-order valence-electron chi connectivity index (χ2n) is 6.19. The Morgan fingerprint density at radius 3 is 2.39 bits per heavy atom. The van der Waals surface area contributed by atoms with Crippen LogP contribution in [0.5, 0.6) is 5.75 Å². The fourth-order valence-electron chi connectivity index (χ4n) is 2.64. The van der Waals surface area contributed by atoms with E-state index in [1.807, 2.05) is 0 Å². The lowest BCUT2D eigenvalue weighted by Gasteiger charge is -2.13. The molecule has 0 saturated heterocycles. The van der Waals surface area contributed by atoms with Crippen molar-refractivity contribution in [1.29, 1.82) is 0 Å². The van der Waals surface area contributed by atoms with Gasteiger partial charge in [-0.25, -0.2) is 9.48 Å². The Bertz CT molecular complexity index is 1090. The number of carbonyl (C=O) groups is 1. The molecule has 0 fully saturated rings. The van der Waals surface area contributed by atoms with Crippen LogP contribution in [-0.2, 0) is 18.9 Å². The normalized spacial score (nSPS) is 12.0. The molecule has 0 spiro atoms. The fourth-order valence-corrected chi connectivity index (χ4v) is 2.82. The van der Waals surface area contributed by atoms with Crippen molar-refractivity contribution < 1.29 is 35.9 Å². The minimum Gasteiger partial charge on any atom is -0.406 e. The molecule has 3 aromatic rings. The van der Waals surface area contributed by atoms with Crippen LogP contribution in [0.2, 0.25) is 5.02 Å². The van der Waals surface area contributed by atoms with Crippen molar-refractivity contribution in [3.05, 3.63) is 76.6 Å². The van der Waals surface area contributed by atoms with Gasteiger partial charge in [0, 0.05) is 11.6 Å². The predicted molar refractivity (Wildman–Crippen MR) is 97.9 cm³/mol. The fraction of sp³-hybridized carbons (Fsp3) is 0.158. The van der Waals surface area contributed by atoms with E-state index in [1.54, 1.807) is 0 Å². The van der Waals surface area contributed by atoms with Crippen LogP contribution in [0.15, 0.2) is 54.7 Å². The van der Waals surface area contributed by atoms with Gasteiger partial charge in [0.25, 0.3) is 0 Å². The lowest BCUT2D eigenvalue weighted by Crippen LogP contribution is -2.27. The second-order valence-corrected chi connectivity index (χ2v) is 6.62. The Balaban J connectivity index is 1.78. The number of alkyl halides is 6. The third kappa shape index (κ3) is 5.48. The summed E-state index contributed by atoms with van der Waals surface area (Å²) in [4.78, 5) is 12.0. The van der Waals surface area contributed by atoms with Crippen LogP contribution in [-0.4, -0.2) is 15.9 Å². The van der Waals surface area contributed by atoms with Crippen molar-refractivity contribution in [2.24, 2.45) is 0 Å². The molecule has 1 amide bonds. The molecule has 5 nitrogen and oxygen atoms in total. The number of hydrogen-bond donors (Lipinski definition) is 1. The minimum absolute atomic E-state index is 0.0148. The number of rotatable bonds is 4. The minimum atomic E-state index is -4.94. The Morgan fingerprint density at radius 1 is 1.03 bits per heavy atom. The number of hydrogen-bond acceptors (Lipinski definition) is 3. The van der Waals surface area contributed by atoms with E-state index in [4.69, 9.17) is 16.3 Å². The Hall–Kier alpha value is -3.21. The Labute approximate surface area is 176 Å². The Morgan fingerprint density at radius 2 is 1.74 bits per heavy atom. The maximum atomic E-state index is 13.6. The molecule has 2 aromatic carbocycles. The van der Waals surface area contributed by atoms with Crippen LogP contribution in [0.3, 0.4) is 0 Å². The largest absolute Gasteiger partial charge is 0.437 e. The predicted octanol–water partition coefficient (Wildman–Crippen LogP) is 5.85. The zero-order valence-electron chi connectivity index (χ0n) is 15.3. The van der Waals surface area contributed by atoms with Gasteiger partial charge in [0.2, 0.25) is 0 Å². The quantitative estimate of drug-likeness (QED) is 0.494. The highest BCUT2D eigenvalue weighted by atomic mass is 35.5. The molecule has 164 valence electrons. The summed E-state index contributed by atoms with van der Waals surface area (Å²) in [6, 6.07) is 9.55. The molecule has 1 heterocycles. The van der Waals surface area contributed by atoms with Gasteiger partial charge < -0.3 is 10.1 Å². The van der Waals surface area contributed by atoms with E-state index >= 15 is 0 Å². The molecule has 3 rings (SSSR count). The average molecular weight is 464 g/mol. The van der Waals surface area contributed by atoms with Crippen LogP contribution < -0.4 is 10.1 Å². The summed E-state index contributed by atoms with van der Waals surface area (Å²) in [7, 11) is 0. The maximum absolute atomic E-state index is 13.6. The van der Waals surface area contributed by atoms with Crippen molar-refractivity contribution in [3.63, 3.8) is 0 Å². The van der Waals surface area contributed by atoms with Gasteiger partial charge in [-0.05, 0) is 35.9 Å². The molecule has 12 heteroatoms. The van der Waals surface area contributed by atoms with E-state index in [2.05, 4.69) is 10.4 Å². The van der Waals surface area contributed by atoms with Gasteiger partial charge in [-0.3, -0.25) is 0 Å². The SMILES string of the molecule is O=C(NCc1cccc(C(F)(F)F)c1)Oc1cnn(-c2cccc(Cl)c2)c1C(F)(F)F. The number of halogens is 7. The van der Waals surface area contributed by atoms with Crippen LogP contribution in [0.1, 0.15) is 16.8 Å². The molecule has 0 aliphatic heterocycles. The van der Waals surface area contributed by atoms with Crippen molar-refractivity contribution in [1.82, 2.24) is 15.1 Å². The number of nitrogens with one attached hydrogen (secondary N) is 1. The molecular weight excluding hydrogens is 452 g/mol. The third-order valence-electron chi connectivity index (χ3n) is 3.95. The number of ether oxygens (including phenoxy) is 1. The lowest BCUT2D eigenvalue weighted by molar-refractivity contribution is -0.143. The number of nitrogens with zero attached hydrogens (tertiary/aromatic N) is 2. The summed E-state index contributed by atoms with van der Waals surface area (Å²) in [5.41, 5.74) is -2.22. The highest BCUT2D eigenvalue weighted by Crippen LogP contribution is 2.38. The van der Waals surface area contributed by atoms with Gasteiger partial charge in [-0.2, -0.15) is 31.4 Å². The zero-order chi connectivity index (χ0) is 22.8. The van der Waals surface area contributed by atoms with Gasteiger partial charge >= 0.3 is 18.4 Å². The van der Waals surface area contributed by atoms with Crippen LogP contribution in [0, 0.1) is 0 Å². The molecule has 0 radical (unpaired) electrons. The maximum Gasteiger partial charge on any atom is 0.437 e. The number of amides is 1. The first-order valence-corrected chi connectivity index (χ1v) is 8.86. The average Bonchev–Trinajstić information content (AvgIpc) is 3.10. The first-order valence-electron chi connectivity index (χ1n) is 8.48. The van der Waals surface area contributed by atoms with Crippen molar-refractivity contribution >= 4 is 17.7 Å². The van der Waals surface area contributed by atoms with Gasteiger partial charge in [-0.1, -0.05) is 29.8 Å². The molecule has 0 unspecified atom stereocenters. The summed E-state index contributed by atoms with van der Waals surface area (Å²) in [5.74, 6) is -0.881. The molecule has 0 aliphatic rings. The summed E-state index contributed by atoms with van der Waals surface area (Å²) in [5, 5.41) is 5.89. The van der Waals surface area contributed by atoms with Crippen LogP contribution in [0.4, 0.5) is 31.1 Å². The smallest absolute Gasteiger partial charge is 0.406 e. The summed E-state index contributed by atoms with van der Waals surface area (Å²) >= 11 is 5.80. The third-order valence-corrected chi connectivity index (χ3v) is 4.19. The summed E-state index contributed by atoms with van der Waals surface area (Å²) in [6.07, 6.45) is -10.1. The molecule has 0 bridgehead atoms.